The monoisotopic (exact) mass is 611 g/mol. The van der Waals surface area contributed by atoms with Crippen molar-refractivity contribution in [3.05, 3.63) is 137 Å². The largest absolute Gasteiger partial charge is 0.489 e. The van der Waals surface area contributed by atoms with Crippen molar-refractivity contribution >= 4 is 0 Å². The zero-order valence-electron chi connectivity index (χ0n) is 24.3. The molecule has 3 aromatic carbocycles. The predicted molar refractivity (Wildman–Crippen MR) is 144 cm³/mol. The van der Waals surface area contributed by atoms with Crippen molar-refractivity contribution in [2.24, 2.45) is 0 Å². The Morgan fingerprint density at radius 1 is 0.932 bits per heavy atom. The highest BCUT2D eigenvalue weighted by atomic mass is 19.3. The first-order chi connectivity index (χ1) is 21.8. The van der Waals surface area contributed by atoms with Gasteiger partial charge in [-0.1, -0.05) is 36.1 Å². The number of aliphatic hydroxyl groups is 1. The lowest BCUT2D eigenvalue weighted by atomic mass is 9.84. The van der Waals surface area contributed by atoms with Gasteiger partial charge in [0.25, 0.3) is 6.43 Å². The molecule has 0 amide bonds. The van der Waals surface area contributed by atoms with Crippen LogP contribution in [0.5, 0.6) is 5.75 Å². The van der Waals surface area contributed by atoms with Crippen LogP contribution >= 0.6 is 0 Å². The quantitative estimate of drug-likeness (QED) is 0.164. The van der Waals surface area contributed by atoms with Gasteiger partial charge in [-0.2, -0.15) is 8.78 Å². The van der Waals surface area contributed by atoms with Gasteiger partial charge < -0.3 is 9.84 Å². The number of nitrogens with zero attached hydrogens (tertiary/aromatic N) is 5. The summed E-state index contributed by atoms with van der Waals surface area (Å²) in [5, 5.41) is 21.4. The van der Waals surface area contributed by atoms with E-state index in [0.717, 1.165) is 41.5 Å². The molecule has 2 heterocycles. The molecule has 0 radical (unpaired) electrons. The summed E-state index contributed by atoms with van der Waals surface area (Å²) < 4.78 is 108. The average Bonchev–Trinajstić information content (AvgIpc) is 3.53. The van der Waals surface area contributed by atoms with Gasteiger partial charge in [0.1, 0.15) is 36.0 Å². The third kappa shape index (κ3) is 6.55. The molecular weight excluding hydrogens is 588 g/mol. The molecule has 0 aliphatic rings. The number of benzene rings is 3. The minimum absolute atomic E-state index is 0.0407. The Labute approximate surface area is 249 Å². The molecule has 0 saturated carbocycles. The fraction of sp³-hybridized carbons (Fsp3) is 0.161. The Bertz CT molecular complexity index is 1870. The Morgan fingerprint density at radius 2 is 1.64 bits per heavy atom. The summed E-state index contributed by atoms with van der Waals surface area (Å²) in [6.45, 7) is -3.31. The highest BCUT2D eigenvalue weighted by molar-refractivity contribution is 5.44. The molecule has 1 atom stereocenters. The van der Waals surface area contributed by atoms with E-state index < -0.39 is 53.9 Å². The van der Waals surface area contributed by atoms with Gasteiger partial charge in [0, 0.05) is 34.5 Å². The molecule has 44 heavy (non-hydrogen) atoms. The maximum Gasteiger partial charge on any atom is 0.323 e. The molecule has 1 N–H and O–H groups in total. The van der Waals surface area contributed by atoms with E-state index in [1.54, 1.807) is 0 Å². The number of tetrazole rings is 1. The molecule has 5 rings (SSSR count). The third-order valence-corrected chi connectivity index (χ3v) is 6.42. The highest BCUT2D eigenvalue weighted by Crippen LogP contribution is 2.46. The first kappa shape index (κ1) is 27.6. The standard InChI is InChI=1S/C31H21F6N5O2/c32-24-10-13-26(27(33)15-24)30(43,18-42-19-39-40-41-42)31(36,37)28-14-7-21(16-38-28)2-1-20-5-11-25(12-6-20)44-17-22-3-8-23(9-4-22)29(34)35/h3-16,19,29,43H,17-18H2/t30-/m0/s1/i17D2. The van der Waals surface area contributed by atoms with Gasteiger partial charge in [0.15, 0.2) is 5.60 Å². The first-order valence-corrected chi connectivity index (χ1v) is 12.7. The van der Waals surface area contributed by atoms with E-state index in [-0.39, 0.29) is 22.4 Å². The third-order valence-electron chi connectivity index (χ3n) is 6.42. The second-order valence-corrected chi connectivity index (χ2v) is 9.40. The van der Waals surface area contributed by atoms with Crippen LogP contribution in [0.4, 0.5) is 26.3 Å². The van der Waals surface area contributed by atoms with Crippen LogP contribution in [-0.2, 0) is 24.6 Å². The van der Waals surface area contributed by atoms with Crippen LogP contribution in [-0.4, -0.2) is 30.3 Å². The van der Waals surface area contributed by atoms with E-state index in [2.05, 4.69) is 32.4 Å². The summed E-state index contributed by atoms with van der Waals surface area (Å²) in [6.07, 6.45) is -0.711. The number of hydrogen-bond donors (Lipinski definition) is 1. The summed E-state index contributed by atoms with van der Waals surface area (Å²) in [7, 11) is 0. The number of alkyl halides is 4. The van der Waals surface area contributed by atoms with Gasteiger partial charge in [0.05, 0.1) is 9.29 Å². The van der Waals surface area contributed by atoms with Crippen LogP contribution in [0.2, 0.25) is 0 Å². The maximum atomic E-state index is 15.9. The second kappa shape index (κ2) is 12.6. The van der Waals surface area contributed by atoms with Gasteiger partial charge in [-0.15, -0.1) is 5.10 Å². The molecule has 2 aromatic heterocycles. The van der Waals surface area contributed by atoms with Crippen molar-refractivity contribution in [1.82, 2.24) is 25.2 Å². The van der Waals surface area contributed by atoms with Crippen LogP contribution in [0.15, 0.2) is 91.4 Å². The lowest BCUT2D eigenvalue weighted by Gasteiger charge is -2.35. The first-order valence-electron chi connectivity index (χ1n) is 13.7. The molecular formula is C31H21F6N5O2. The van der Waals surface area contributed by atoms with Gasteiger partial charge in [-0.05, 0) is 64.5 Å². The number of pyridine rings is 1. The zero-order chi connectivity index (χ0) is 33.1. The van der Waals surface area contributed by atoms with Crippen molar-refractivity contribution < 1.29 is 38.9 Å². The Kier molecular flexibility index (Phi) is 7.88. The minimum Gasteiger partial charge on any atom is -0.489 e. The number of aromatic nitrogens is 5. The summed E-state index contributed by atoms with van der Waals surface area (Å²) in [5.41, 5.74) is -4.66. The Morgan fingerprint density at radius 3 is 2.25 bits per heavy atom. The van der Waals surface area contributed by atoms with Crippen molar-refractivity contribution in [1.29, 1.82) is 0 Å². The van der Waals surface area contributed by atoms with Gasteiger partial charge in [-0.25, -0.2) is 22.2 Å². The molecule has 224 valence electrons. The van der Waals surface area contributed by atoms with E-state index in [1.165, 1.54) is 42.5 Å². The van der Waals surface area contributed by atoms with E-state index >= 15 is 8.78 Å². The molecule has 0 saturated heterocycles. The van der Waals surface area contributed by atoms with Crippen LogP contribution in [0, 0.1) is 23.5 Å². The van der Waals surface area contributed by atoms with Crippen LogP contribution in [0.25, 0.3) is 0 Å². The fourth-order valence-electron chi connectivity index (χ4n) is 4.10. The molecule has 0 aliphatic carbocycles. The van der Waals surface area contributed by atoms with E-state index in [9.17, 15) is 22.7 Å². The normalized spacial score (nSPS) is 13.8. The van der Waals surface area contributed by atoms with Crippen LogP contribution in [0.3, 0.4) is 0 Å². The second-order valence-electron chi connectivity index (χ2n) is 9.40. The molecule has 0 fully saturated rings. The molecule has 0 bridgehead atoms. The highest BCUT2D eigenvalue weighted by Gasteiger charge is 2.58. The fourth-order valence-corrected chi connectivity index (χ4v) is 4.10. The molecule has 13 heteroatoms. The zero-order valence-corrected chi connectivity index (χ0v) is 22.3. The number of hydrogen-bond acceptors (Lipinski definition) is 6. The van der Waals surface area contributed by atoms with Gasteiger partial charge >= 0.3 is 5.92 Å². The number of halogens is 6. The van der Waals surface area contributed by atoms with Crippen molar-refractivity contribution in [2.75, 3.05) is 0 Å². The summed E-state index contributed by atoms with van der Waals surface area (Å²) in [4.78, 5) is 3.76. The van der Waals surface area contributed by atoms with E-state index in [0.29, 0.717) is 17.7 Å². The Hall–Kier alpha value is -5.22. The molecule has 0 unspecified atom stereocenters. The van der Waals surface area contributed by atoms with Crippen molar-refractivity contribution in [3.8, 4) is 17.6 Å². The lowest BCUT2D eigenvalue weighted by molar-refractivity contribution is -0.207. The van der Waals surface area contributed by atoms with Crippen LogP contribution < -0.4 is 4.74 Å². The van der Waals surface area contributed by atoms with E-state index in [1.807, 2.05) is 0 Å². The van der Waals surface area contributed by atoms with Crippen molar-refractivity contribution in [3.63, 3.8) is 0 Å². The predicted octanol–water partition coefficient (Wildman–Crippen LogP) is 5.94. The van der Waals surface area contributed by atoms with Crippen molar-refractivity contribution in [2.45, 2.75) is 31.1 Å². The SMILES string of the molecule is [2H]C([2H])(Oc1ccc(C#Cc2ccc(C(F)(F)[C@](O)(Cn3cnnn3)c3ccc(F)cc3F)nc2)cc1)c1ccc(C(F)F)cc1. The molecule has 0 aliphatic heterocycles. The van der Waals surface area contributed by atoms with Crippen LogP contribution in [0.1, 0.15) is 42.7 Å². The summed E-state index contributed by atoms with van der Waals surface area (Å²) >= 11 is 0. The summed E-state index contributed by atoms with van der Waals surface area (Å²) in [5.74, 6) is -0.992. The molecule has 7 nitrogen and oxygen atoms in total. The molecule has 0 spiro atoms. The number of rotatable bonds is 9. The lowest BCUT2D eigenvalue weighted by Crippen LogP contribution is -2.48. The average molecular weight is 612 g/mol. The molecule has 5 aromatic rings. The summed E-state index contributed by atoms with van der Waals surface area (Å²) in [6, 6.07) is 14.5. The van der Waals surface area contributed by atoms with E-state index in [4.69, 9.17) is 7.48 Å². The van der Waals surface area contributed by atoms with Gasteiger partial charge in [0.2, 0.25) is 0 Å². The number of ether oxygens (including phenoxy) is 1. The maximum absolute atomic E-state index is 15.9. The smallest absolute Gasteiger partial charge is 0.323 e. The Balaban J connectivity index is 1.32. The topological polar surface area (TPSA) is 86.0 Å². The van der Waals surface area contributed by atoms with Gasteiger partial charge in [-0.3, -0.25) is 4.98 Å². The minimum atomic E-state index is -4.23.